The Morgan fingerprint density at radius 1 is 0.893 bits per heavy atom. The zero-order chi connectivity index (χ0) is 19.3. The summed E-state index contributed by atoms with van der Waals surface area (Å²) in [6.07, 6.45) is 3.54. The van der Waals surface area contributed by atoms with Crippen molar-refractivity contribution in [1.82, 2.24) is 4.90 Å². The Morgan fingerprint density at radius 2 is 1.57 bits per heavy atom. The van der Waals surface area contributed by atoms with E-state index in [4.69, 9.17) is 4.74 Å². The standard InChI is InChI=1S/C23H26N2O3/c26-22(18-12-14-25(15-13-18)23(27)19-6-7-19)24-20-8-10-21(11-9-20)28-16-17-4-2-1-3-5-17/h1-5,8-11,18-19H,6-7,12-16H2,(H,24,26). The lowest BCUT2D eigenvalue weighted by atomic mass is 9.95. The van der Waals surface area contributed by atoms with Crippen LogP contribution in [0.3, 0.4) is 0 Å². The van der Waals surface area contributed by atoms with Crippen molar-refractivity contribution in [2.45, 2.75) is 32.3 Å². The first-order valence-corrected chi connectivity index (χ1v) is 10.1. The van der Waals surface area contributed by atoms with Crippen LogP contribution in [0.5, 0.6) is 5.75 Å². The number of hydrogen-bond donors (Lipinski definition) is 1. The van der Waals surface area contributed by atoms with Crippen LogP contribution in [0.15, 0.2) is 54.6 Å². The fraction of sp³-hybridized carbons (Fsp3) is 0.391. The number of nitrogens with one attached hydrogen (secondary N) is 1. The first kappa shape index (κ1) is 18.5. The number of benzene rings is 2. The van der Waals surface area contributed by atoms with Gasteiger partial charge in [0.2, 0.25) is 11.8 Å². The van der Waals surface area contributed by atoms with Gasteiger partial charge >= 0.3 is 0 Å². The summed E-state index contributed by atoms with van der Waals surface area (Å²) >= 11 is 0. The molecule has 2 aliphatic rings. The molecule has 1 saturated heterocycles. The average Bonchev–Trinajstić information content (AvgIpc) is 3.59. The average molecular weight is 378 g/mol. The number of anilines is 1. The van der Waals surface area contributed by atoms with Crippen molar-refractivity contribution in [3.05, 3.63) is 60.2 Å². The molecule has 0 radical (unpaired) electrons. The van der Waals surface area contributed by atoms with E-state index in [-0.39, 0.29) is 23.7 Å². The van der Waals surface area contributed by atoms with Crippen LogP contribution in [0, 0.1) is 11.8 Å². The van der Waals surface area contributed by atoms with Gasteiger partial charge in [-0.3, -0.25) is 9.59 Å². The van der Waals surface area contributed by atoms with Crippen molar-refractivity contribution >= 4 is 17.5 Å². The van der Waals surface area contributed by atoms with Crippen LogP contribution in [-0.4, -0.2) is 29.8 Å². The van der Waals surface area contributed by atoms with Crippen molar-refractivity contribution in [2.75, 3.05) is 18.4 Å². The molecule has 2 aromatic rings. The third kappa shape index (κ3) is 4.71. The van der Waals surface area contributed by atoms with Crippen LogP contribution in [0.2, 0.25) is 0 Å². The molecule has 146 valence electrons. The van der Waals surface area contributed by atoms with Gasteiger partial charge in [-0.05, 0) is 55.5 Å². The van der Waals surface area contributed by atoms with Crippen molar-refractivity contribution in [3.63, 3.8) is 0 Å². The summed E-state index contributed by atoms with van der Waals surface area (Å²) < 4.78 is 5.78. The summed E-state index contributed by atoms with van der Waals surface area (Å²) in [5, 5.41) is 2.99. The molecule has 5 nitrogen and oxygen atoms in total. The number of rotatable bonds is 6. The van der Waals surface area contributed by atoms with Gasteiger partial charge in [-0.15, -0.1) is 0 Å². The van der Waals surface area contributed by atoms with Gasteiger partial charge in [0.25, 0.3) is 0 Å². The number of nitrogens with zero attached hydrogens (tertiary/aromatic N) is 1. The van der Waals surface area contributed by atoms with E-state index in [1.54, 1.807) is 0 Å². The van der Waals surface area contributed by atoms with Crippen molar-refractivity contribution in [3.8, 4) is 5.75 Å². The second-order valence-corrected chi connectivity index (χ2v) is 7.66. The third-order valence-electron chi connectivity index (χ3n) is 5.47. The van der Waals surface area contributed by atoms with Gasteiger partial charge < -0.3 is 15.0 Å². The van der Waals surface area contributed by atoms with E-state index < -0.39 is 0 Å². The highest BCUT2D eigenvalue weighted by atomic mass is 16.5. The zero-order valence-electron chi connectivity index (χ0n) is 16.0. The minimum atomic E-state index is -0.0303. The summed E-state index contributed by atoms with van der Waals surface area (Å²) in [6, 6.07) is 17.5. The summed E-state index contributed by atoms with van der Waals surface area (Å²) in [5.41, 5.74) is 1.89. The van der Waals surface area contributed by atoms with Gasteiger partial charge in [0.15, 0.2) is 0 Å². The highest BCUT2D eigenvalue weighted by molar-refractivity contribution is 5.92. The van der Waals surface area contributed by atoms with Crippen molar-refractivity contribution < 1.29 is 14.3 Å². The van der Waals surface area contributed by atoms with Gasteiger partial charge in [0.1, 0.15) is 12.4 Å². The molecule has 4 rings (SSSR count). The molecule has 1 N–H and O–H groups in total. The third-order valence-corrected chi connectivity index (χ3v) is 5.47. The topological polar surface area (TPSA) is 58.6 Å². The van der Waals surface area contributed by atoms with Crippen molar-refractivity contribution in [1.29, 1.82) is 0 Å². The molecular weight excluding hydrogens is 352 g/mol. The summed E-state index contributed by atoms with van der Waals surface area (Å²) in [6.45, 7) is 1.91. The molecule has 1 aliphatic heterocycles. The SMILES string of the molecule is O=C(Nc1ccc(OCc2ccccc2)cc1)C1CCN(C(=O)C2CC2)CC1. The number of ether oxygens (including phenoxy) is 1. The number of likely N-dealkylation sites (tertiary alicyclic amines) is 1. The fourth-order valence-electron chi connectivity index (χ4n) is 3.57. The van der Waals surface area contributed by atoms with Crippen LogP contribution in [-0.2, 0) is 16.2 Å². The lowest BCUT2D eigenvalue weighted by Gasteiger charge is -2.31. The Morgan fingerprint density at radius 3 is 2.21 bits per heavy atom. The molecule has 0 unspecified atom stereocenters. The first-order chi connectivity index (χ1) is 13.7. The van der Waals surface area contributed by atoms with Crippen LogP contribution >= 0.6 is 0 Å². The molecule has 2 aromatic carbocycles. The molecule has 0 atom stereocenters. The van der Waals surface area contributed by atoms with Gasteiger partial charge in [-0.2, -0.15) is 0 Å². The first-order valence-electron chi connectivity index (χ1n) is 10.1. The number of hydrogen-bond acceptors (Lipinski definition) is 3. The zero-order valence-corrected chi connectivity index (χ0v) is 16.0. The molecule has 28 heavy (non-hydrogen) atoms. The highest BCUT2D eigenvalue weighted by Crippen LogP contribution is 2.32. The van der Waals surface area contributed by atoms with Crippen LogP contribution in [0.4, 0.5) is 5.69 Å². The van der Waals surface area contributed by atoms with E-state index in [0.717, 1.165) is 42.7 Å². The molecule has 2 fully saturated rings. The molecule has 1 saturated carbocycles. The Kier molecular flexibility index (Phi) is 5.60. The number of carbonyl (C=O) groups is 2. The Bertz CT molecular complexity index is 808. The van der Waals surface area contributed by atoms with Gasteiger partial charge in [0, 0.05) is 30.6 Å². The maximum Gasteiger partial charge on any atom is 0.227 e. The van der Waals surface area contributed by atoms with Crippen LogP contribution in [0.1, 0.15) is 31.2 Å². The van der Waals surface area contributed by atoms with Crippen LogP contribution < -0.4 is 10.1 Å². The lowest BCUT2D eigenvalue weighted by Crippen LogP contribution is -2.42. The normalized spacial score (nSPS) is 17.2. The largest absolute Gasteiger partial charge is 0.489 e. The summed E-state index contributed by atoms with van der Waals surface area (Å²) in [5.74, 6) is 1.32. The van der Waals surface area contributed by atoms with E-state index in [1.165, 1.54) is 0 Å². The predicted octanol–water partition coefficient (Wildman–Crippen LogP) is 3.85. The van der Waals surface area contributed by atoms with Gasteiger partial charge in [0.05, 0.1) is 0 Å². The maximum absolute atomic E-state index is 12.5. The quantitative estimate of drug-likeness (QED) is 0.831. The maximum atomic E-state index is 12.5. The number of carbonyl (C=O) groups excluding carboxylic acids is 2. The van der Waals surface area contributed by atoms with Crippen molar-refractivity contribution in [2.24, 2.45) is 11.8 Å². The van der Waals surface area contributed by atoms with Gasteiger partial charge in [-0.1, -0.05) is 30.3 Å². The van der Waals surface area contributed by atoms with E-state index >= 15 is 0 Å². The molecule has 0 aromatic heterocycles. The summed E-state index contributed by atoms with van der Waals surface area (Å²) in [4.78, 5) is 26.6. The Labute approximate surface area is 165 Å². The lowest BCUT2D eigenvalue weighted by molar-refractivity contribution is -0.135. The number of piperidine rings is 1. The Balaban J connectivity index is 1.24. The number of amides is 2. The predicted molar refractivity (Wildman–Crippen MR) is 108 cm³/mol. The Hall–Kier alpha value is -2.82. The highest BCUT2D eigenvalue weighted by Gasteiger charge is 2.35. The van der Waals surface area contributed by atoms with Gasteiger partial charge in [-0.25, -0.2) is 0 Å². The second-order valence-electron chi connectivity index (χ2n) is 7.66. The van der Waals surface area contributed by atoms with E-state index in [2.05, 4.69) is 5.32 Å². The monoisotopic (exact) mass is 378 g/mol. The molecule has 0 spiro atoms. The molecular formula is C23H26N2O3. The van der Waals surface area contributed by atoms with E-state index in [1.807, 2.05) is 59.5 Å². The molecule has 0 bridgehead atoms. The molecule has 2 amide bonds. The fourth-order valence-corrected chi connectivity index (χ4v) is 3.57. The molecule has 1 aliphatic carbocycles. The minimum absolute atomic E-state index is 0.0303. The summed E-state index contributed by atoms with van der Waals surface area (Å²) in [7, 11) is 0. The van der Waals surface area contributed by atoms with E-state index in [0.29, 0.717) is 19.7 Å². The second kappa shape index (κ2) is 8.46. The minimum Gasteiger partial charge on any atom is -0.489 e. The van der Waals surface area contributed by atoms with E-state index in [9.17, 15) is 9.59 Å². The smallest absolute Gasteiger partial charge is 0.227 e. The molecule has 5 heteroatoms. The van der Waals surface area contributed by atoms with Crippen LogP contribution in [0.25, 0.3) is 0 Å². The molecule has 1 heterocycles.